The molecule has 2 aromatic heterocycles. The Kier molecular flexibility index (Phi) is 2.92. The summed E-state index contributed by atoms with van der Waals surface area (Å²) in [6.45, 7) is 0. The Morgan fingerprint density at radius 1 is 1.15 bits per heavy atom. The van der Waals surface area contributed by atoms with Gasteiger partial charge in [-0.1, -0.05) is 30.3 Å². The predicted molar refractivity (Wildman–Crippen MR) is 69.3 cm³/mol. The van der Waals surface area contributed by atoms with E-state index >= 15 is 0 Å². The van der Waals surface area contributed by atoms with E-state index in [-0.39, 0.29) is 5.56 Å². The van der Waals surface area contributed by atoms with E-state index < -0.39 is 5.97 Å². The Bertz CT molecular complexity index is 754. The molecule has 3 aromatic rings. The Hall–Kier alpha value is -3.09. The van der Waals surface area contributed by atoms with Crippen molar-refractivity contribution < 1.29 is 9.90 Å². The van der Waals surface area contributed by atoms with Crippen LogP contribution in [0.25, 0.3) is 17.1 Å². The molecule has 0 spiro atoms. The lowest BCUT2D eigenvalue weighted by molar-refractivity contribution is 0.0696. The van der Waals surface area contributed by atoms with Crippen LogP contribution in [0.2, 0.25) is 0 Å². The van der Waals surface area contributed by atoms with Gasteiger partial charge in [-0.25, -0.2) is 4.79 Å². The Morgan fingerprint density at radius 3 is 2.70 bits per heavy atom. The van der Waals surface area contributed by atoms with E-state index in [9.17, 15) is 4.79 Å². The normalized spacial score (nSPS) is 10.4. The van der Waals surface area contributed by atoms with Crippen LogP contribution in [0, 0.1) is 0 Å². The molecule has 98 valence electrons. The highest BCUT2D eigenvalue weighted by Crippen LogP contribution is 2.13. The van der Waals surface area contributed by atoms with E-state index in [0.717, 1.165) is 5.56 Å². The molecule has 7 nitrogen and oxygen atoms in total. The van der Waals surface area contributed by atoms with Crippen molar-refractivity contribution in [2.45, 2.75) is 0 Å². The van der Waals surface area contributed by atoms with Crippen LogP contribution >= 0.6 is 0 Å². The van der Waals surface area contributed by atoms with Gasteiger partial charge in [-0.2, -0.15) is 0 Å². The Balaban J connectivity index is 1.98. The van der Waals surface area contributed by atoms with Crippen molar-refractivity contribution in [2.24, 2.45) is 0 Å². The highest BCUT2D eigenvalue weighted by Gasteiger charge is 2.09. The zero-order valence-corrected chi connectivity index (χ0v) is 10.2. The van der Waals surface area contributed by atoms with Gasteiger partial charge in [0.05, 0.1) is 11.8 Å². The summed E-state index contributed by atoms with van der Waals surface area (Å²) in [6, 6.07) is 10.8. The van der Waals surface area contributed by atoms with Gasteiger partial charge in [0.2, 0.25) is 5.82 Å². The third kappa shape index (κ3) is 2.24. The lowest BCUT2D eigenvalue weighted by atomic mass is 10.2. The molecule has 0 aliphatic heterocycles. The summed E-state index contributed by atoms with van der Waals surface area (Å²) in [7, 11) is 0. The lowest BCUT2D eigenvalue weighted by Crippen LogP contribution is -2.03. The number of tetrazole rings is 1. The second-order valence-corrected chi connectivity index (χ2v) is 4.01. The first kappa shape index (κ1) is 12.0. The number of hydrogen-bond acceptors (Lipinski definition) is 5. The van der Waals surface area contributed by atoms with Crippen LogP contribution in [-0.4, -0.2) is 36.3 Å². The highest BCUT2D eigenvalue weighted by atomic mass is 16.4. The molecule has 0 fully saturated rings. The first-order valence-electron chi connectivity index (χ1n) is 5.78. The van der Waals surface area contributed by atoms with Gasteiger partial charge >= 0.3 is 5.97 Å². The molecule has 0 saturated carbocycles. The van der Waals surface area contributed by atoms with Gasteiger partial charge in [-0.15, -0.1) is 15.0 Å². The van der Waals surface area contributed by atoms with Gasteiger partial charge in [-0.3, -0.25) is 4.98 Å². The van der Waals surface area contributed by atoms with Crippen molar-refractivity contribution in [1.82, 2.24) is 25.2 Å². The molecule has 0 aliphatic carbocycles. The Labute approximate surface area is 113 Å². The quantitative estimate of drug-likeness (QED) is 0.771. The number of rotatable bonds is 3. The summed E-state index contributed by atoms with van der Waals surface area (Å²) in [5.41, 5.74) is 1.35. The van der Waals surface area contributed by atoms with Crippen LogP contribution in [-0.2, 0) is 0 Å². The molecule has 1 N–H and O–H groups in total. The number of nitrogens with zero attached hydrogens (tertiary/aromatic N) is 5. The van der Waals surface area contributed by atoms with Crippen LogP contribution in [0.4, 0.5) is 0 Å². The molecule has 0 radical (unpaired) electrons. The lowest BCUT2D eigenvalue weighted by Gasteiger charge is -1.98. The van der Waals surface area contributed by atoms with Crippen molar-refractivity contribution in [1.29, 1.82) is 0 Å². The number of pyridine rings is 1. The van der Waals surface area contributed by atoms with E-state index in [2.05, 4.69) is 20.4 Å². The summed E-state index contributed by atoms with van der Waals surface area (Å²) < 4.78 is 0. The summed E-state index contributed by atoms with van der Waals surface area (Å²) in [5.74, 6) is -0.589. The molecule has 3 rings (SSSR count). The van der Waals surface area contributed by atoms with Crippen LogP contribution in [0.5, 0.6) is 0 Å². The number of aromatic carboxylic acids is 1. The minimum absolute atomic E-state index is 0.0704. The molecule has 1 aromatic carbocycles. The summed E-state index contributed by atoms with van der Waals surface area (Å²) in [5, 5.41) is 21.0. The zero-order chi connectivity index (χ0) is 13.9. The average molecular weight is 267 g/mol. The van der Waals surface area contributed by atoms with Gasteiger partial charge in [0.25, 0.3) is 0 Å². The average Bonchev–Trinajstić information content (AvgIpc) is 2.98. The fraction of sp³-hybridized carbons (Fsp3) is 0. The molecule has 20 heavy (non-hydrogen) atoms. The zero-order valence-electron chi connectivity index (χ0n) is 10.2. The minimum Gasteiger partial charge on any atom is -0.478 e. The molecule has 0 saturated heterocycles. The van der Waals surface area contributed by atoms with Crippen LogP contribution in [0.15, 0.2) is 48.8 Å². The van der Waals surface area contributed by atoms with Crippen molar-refractivity contribution in [3.05, 3.63) is 54.4 Å². The first-order valence-corrected chi connectivity index (χ1v) is 5.78. The summed E-state index contributed by atoms with van der Waals surface area (Å²) >= 11 is 0. The monoisotopic (exact) mass is 267 g/mol. The van der Waals surface area contributed by atoms with E-state index in [1.54, 1.807) is 0 Å². The molecule has 7 heteroatoms. The van der Waals surface area contributed by atoms with E-state index in [1.807, 2.05) is 30.3 Å². The number of aromatic nitrogens is 5. The topological polar surface area (TPSA) is 93.8 Å². The number of carbonyl (C=O) groups is 1. The van der Waals surface area contributed by atoms with E-state index in [0.29, 0.717) is 11.5 Å². The largest absolute Gasteiger partial charge is 0.478 e. The van der Waals surface area contributed by atoms with Crippen LogP contribution < -0.4 is 0 Å². The third-order valence-corrected chi connectivity index (χ3v) is 2.65. The Morgan fingerprint density at radius 2 is 1.95 bits per heavy atom. The molecule has 0 bridgehead atoms. The molecule has 0 atom stereocenters. The maximum absolute atomic E-state index is 10.9. The number of hydrogen-bond donors (Lipinski definition) is 1. The molecule has 0 amide bonds. The van der Waals surface area contributed by atoms with Crippen LogP contribution in [0.1, 0.15) is 10.4 Å². The van der Waals surface area contributed by atoms with Gasteiger partial charge in [0, 0.05) is 11.8 Å². The van der Waals surface area contributed by atoms with Crippen molar-refractivity contribution in [3.63, 3.8) is 0 Å². The number of carboxylic acids is 1. The SMILES string of the molecule is O=C(O)c1cncc(-n2nnc(-c3ccccc3)n2)c1. The standard InChI is InChI=1S/C13H9N5O2/c19-13(20)10-6-11(8-14-7-10)18-16-12(15-17-18)9-4-2-1-3-5-9/h1-8H,(H,19,20). The number of carboxylic acid groups (broad SMARTS) is 1. The van der Waals surface area contributed by atoms with Gasteiger partial charge in [0.1, 0.15) is 5.69 Å². The molecule has 0 unspecified atom stereocenters. The van der Waals surface area contributed by atoms with Crippen molar-refractivity contribution in [3.8, 4) is 17.1 Å². The fourth-order valence-electron chi connectivity index (χ4n) is 1.68. The second kappa shape index (κ2) is 4.88. The maximum Gasteiger partial charge on any atom is 0.337 e. The van der Waals surface area contributed by atoms with E-state index in [4.69, 9.17) is 5.11 Å². The summed E-state index contributed by atoms with van der Waals surface area (Å²) in [4.78, 5) is 16.0. The third-order valence-electron chi connectivity index (χ3n) is 2.65. The second-order valence-electron chi connectivity index (χ2n) is 4.01. The maximum atomic E-state index is 10.9. The predicted octanol–water partition coefficient (Wildman–Crippen LogP) is 1.42. The molecule has 2 heterocycles. The highest BCUT2D eigenvalue weighted by molar-refractivity contribution is 5.87. The van der Waals surface area contributed by atoms with Crippen molar-refractivity contribution >= 4 is 5.97 Å². The number of benzene rings is 1. The molecule has 0 aliphatic rings. The smallest absolute Gasteiger partial charge is 0.337 e. The molecular weight excluding hydrogens is 258 g/mol. The van der Waals surface area contributed by atoms with Gasteiger partial charge in [0.15, 0.2) is 0 Å². The first-order chi connectivity index (χ1) is 9.74. The van der Waals surface area contributed by atoms with Gasteiger partial charge in [-0.05, 0) is 11.3 Å². The minimum atomic E-state index is -1.05. The van der Waals surface area contributed by atoms with Crippen molar-refractivity contribution in [2.75, 3.05) is 0 Å². The summed E-state index contributed by atoms with van der Waals surface area (Å²) in [6.07, 6.45) is 2.74. The van der Waals surface area contributed by atoms with Gasteiger partial charge < -0.3 is 5.11 Å². The van der Waals surface area contributed by atoms with E-state index in [1.165, 1.54) is 23.3 Å². The molecular formula is C13H9N5O2. The van der Waals surface area contributed by atoms with Crippen LogP contribution in [0.3, 0.4) is 0 Å². The fourth-order valence-corrected chi connectivity index (χ4v) is 1.68.